The van der Waals surface area contributed by atoms with Gasteiger partial charge in [-0.2, -0.15) is 17.0 Å². The average Bonchev–Trinajstić information content (AvgIpc) is 2.76. The second-order valence-corrected chi connectivity index (χ2v) is 8.92. The molecule has 1 saturated heterocycles. The van der Waals surface area contributed by atoms with Gasteiger partial charge in [0.05, 0.1) is 33.6 Å². The highest BCUT2D eigenvalue weighted by Crippen LogP contribution is 2.29. The van der Waals surface area contributed by atoms with Crippen molar-refractivity contribution in [2.75, 3.05) is 46.3 Å². The molecule has 0 spiro atoms. The van der Waals surface area contributed by atoms with Crippen LogP contribution in [-0.2, 0) is 21.5 Å². The van der Waals surface area contributed by atoms with E-state index in [0.29, 0.717) is 35.9 Å². The van der Waals surface area contributed by atoms with Gasteiger partial charge in [0.2, 0.25) is 5.91 Å². The summed E-state index contributed by atoms with van der Waals surface area (Å²) in [5.41, 5.74) is 1.23. The number of anilines is 1. The van der Waals surface area contributed by atoms with E-state index in [1.54, 1.807) is 37.4 Å². The van der Waals surface area contributed by atoms with Gasteiger partial charge in [0.1, 0.15) is 17.2 Å². The van der Waals surface area contributed by atoms with E-state index in [2.05, 4.69) is 5.32 Å². The summed E-state index contributed by atoms with van der Waals surface area (Å²) in [7, 11) is 0.783. The minimum atomic E-state index is -3.79. The Morgan fingerprint density at radius 2 is 1.68 bits per heavy atom. The van der Waals surface area contributed by atoms with E-state index in [9.17, 15) is 13.2 Å². The molecule has 0 unspecified atom stereocenters. The molecule has 0 radical (unpaired) electrons. The average molecular weight is 450 g/mol. The van der Waals surface area contributed by atoms with Gasteiger partial charge in [0.25, 0.3) is 10.2 Å². The van der Waals surface area contributed by atoms with Gasteiger partial charge in [-0.3, -0.25) is 4.79 Å². The van der Waals surface area contributed by atoms with Crippen LogP contribution >= 0.6 is 0 Å². The number of rotatable bonds is 8. The first-order valence-electron chi connectivity index (χ1n) is 9.77. The fourth-order valence-electron chi connectivity index (χ4n) is 3.37. The van der Waals surface area contributed by atoms with Crippen molar-refractivity contribution in [1.29, 1.82) is 0 Å². The zero-order chi connectivity index (χ0) is 22.4. The Bertz CT molecular complexity index is 1030. The predicted molar refractivity (Wildman–Crippen MR) is 117 cm³/mol. The topological polar surface area (TPSA) is 97.4 Å². The number of benzene rings is 2. The summed E-state index contributed by atoms with van der Waals surface area (Å²) in [6.45, 7) is 0.583. The molecule has 1 aliphatic heterocycles. The maximum atomic E-state index is 13.1. The number of ether oxygens (including phenoxy) is 3. The third kappa shape index (κ3) is 5.46. The van der Waals surface area contributed by atoms with Gasteiger partial charge >= 0.3 is 0 Å². The van der Waals surface area contributed by atoms with Crippen molar-refractivity contribution in [1.82, 2.24) is 8.61 Å². The number of carbonyl (C=O) groups excluding carboxylic acids is 1. The smallest absolute Gasteiger partial charge is 0.282 e. The molecule has 168 valence electrons. The molecule has 0 saturated carbocycles. The lowest BCUT2D eigenvalue weighted by atomic mass is 10.2. The number of hydrogen-bond acceptors (Lipinski definition) is 6. The summed E-state index contributed by atoms with van der Waals surface area (Å²) in [4.78, 5) is 12.6. The van der Waals surface area contributed by atoms with Gasteiger partial charge in [-0.15, -0.1) is 0 Å². The van der Waals surface area contributed by atoms with Gasteiger partial charge in [-0.25, -0.2) is 0 Å². The van der Waals surface area contributed by atoms with Crippen LogP contribution in [0.25, 0.3) is 0 Å². The SMILES string of the molecule is COc1cccc(CN2CCCN(CC(=O)Nc3cc(OC)ccc3OC)S2(=O)=O)c1. The van der Waals surface area contributed by atoms with Crippen molar-refractivity contribution >= 4 is 21.8 Å². The van der Waals surface area contributed by atoms with Crippen molar-refractivity contribution in [2.24, 2.45) is 0 Å². The number of nitrogens with zero attached hydrogens (tertiary/aromatic N) is 2. The third-order valence-electron chi connectivity index (χ3n) is 4.96. The maximum absolute atomic E-state index is 13.1. The van der Waals surface area contributed by atoms with Gasteiger partial charge in [-0.1, -0.05) is 12.1 Å². The lowest BCUT2D eigenvalue weighted by Gasteiger charge is -2.34. The van der Waals surface area contributed by atoms with Crippen LogP contribution < -0.4 is 19.5 Å². The molecule has 0 aliphatic carbocycles. The molecule has 2 aromatic carbocycles. The van der Waals surface area contributed by atoms with Crippen LogP contribution in [0.1, 0.15) is 12.0 Å². The lowest BCUT2D eigenvalue weighted by Crippen LogP contribution is -2.51. The minimum Gasteiger partial charge on any atom is -0.497 e. The van der Waals surface area contributed by atoms with Gasteiger partial charge < -0.3 is 19.5 Å². The third-order valence-corrected chi connectivity index (χ3v) is 6.89. The van der Waals surface area contributed by atoms with Crippen molar-refractivity contribution < 1.29 is 27.4 Å². The molecule has 31 heavy (non-hydrogen) atoms. The highest BCUT2D eigenvalue weighted by atomic mass is 32.2. The fraction of sp³-hybridized carbons (Fsp3) is 0.381. The van der Waals surface area contributed by atoms with Crippen LogP contribution in [0.5, 0.6) is 17.2 Å². The summed E-state index contributed by atoms with van der Waals surface area (Å²) < 4.78 is 44.4. The molecule has 2 aromatic rings. The van der Waals surface area contributed by atoms with Crippen molar-refractivity contribution in [3.63, 3.8) is 0 Å². The molecule has 1 aliphatic rings. The molecular formula is C21H27N3O6S. The standard InChI is InChI=1S/C21H27N3O6S/c1-28-17-7-4-6-16(12-17)14-23-10-5-11-24(31(23,26)27)15-21(25)22-19-13-18(29-2)8-9-20(19)30-3/h4,6-9,12-13H,5,10-11,14-15H2,1-3H3,(H,22,25). The molecule has 1 N–H and O–H groups in total. The molecule has 10 heteroatoms. The van der Waals surface area contributed by atoms with Crippen LogP contribution in [-0.4, -0.2) is 63.9 Å². The first-order valence-corrected chi connectivity index (χ1v) is 11.2. The highest BCUT2D eigenvalue weighted by molar-refractivity contribution is 7.86. The van der Waals surface area contributed by atoms with Gasteiger partial charge in [0, 0.05) is 25.7 Å². The molecule has 3 rings (SSSR count). The van der Waals surface area contributed by atoms with E-state index in [1.165, 1.54) is 22.8 Å². The Morgan fingerprint density at radius 1 is 0.968 bits per heavy atom. The molecule has 0 atom stereocenters. The van der Waals surface area contributed by atoms with Crippen LogP contribution in [0.3, 0.4) is 0 Å². The largest absolute Gasteiger partial charge is 0.497 e. The second kappa shape index (κ2) is 9.99. The quantitative estimate of drug-likeness (QED) is 0.663. The van der Waals surface area contributed by atoms with E-state index in [-0.39, 0.29) is 19.6 Å². The minimum absolute atomic E-state index is 0.210. The van der Waals surface area contributed by atoms with Crippen LogP contribution in [0.4, 0.5) is 5.69 Å². The monoisotopic (exact) mass is 449 g/mol. The molecule has 0 bridgehead atoms. The van der Waals surface area contributed by atoms with Gasteiger partial charge in [-0.05, 0) is 36.2 Å². The first kappa shape index (κ1) is 22.9. The summed E-state index contributed by atoms with van der Waals surface area (Å²) >= 11 is 0. The highest BCUT2D eigenvalue weighted by Gasteiger charge is 2.34. The summed E-state index contributed by atoms with van der Waals surface area (Å²) in [5, 5.41) is 2.72. The predicted octanol–water partition coefficient (Wildman–Crippen LogP) is 2.10. The molecular weight excluding hydrogens is 422 g/mol. The van der Waals surface area contributed by atoms with Crippen LogP contribution in [0.2, 0.25) is 0 Å². The maximum Gasteiger partial charge on any atom is 0.282 e. The zero-order valence-corrected chi connectivity index (χ0v) is 18.6. The summed E-state index contributed by atoms with van der Waals surface area (Å²) in [5.74, 6) is 1.20. The molecule has 0 aromatic heterocycles. The summed E-state index contributed by atoms with van der Waals surface area (Å²) in [6.07, 6.45) is 0.624. The zero-order valence-electron chi connectivity index (χ0n) is 17.8. The fourth-order valence-corrected chi connectivity index (χ4v) is 5.01. The Kier molecular flexibility index (Phi) is 7.37. The van der Waals surface area contributed by atoms with E-state index < -0.39 is 16.1 Å². The van der Waals surface area contributed by atoms with Crippen molar-refractivity contribution in [2.45, 2.75) is 13.0 Å². The second-order valence-electron chi connectivity index (χ2n) is 6.99. The van der Waals surface area contributed by atoms with E-state index in [1.807, 2.05) is 12.1 Å². The number of hydrogen-bond donors (Lipinski definition) is 1. The van der Waals surface area contributed by atoms with Crippen molar-refractivity contribution in [3.05, 3.63) is 48.0 Å². The summed E-state index contributed by atoms with van der Waals surface area (Å²) in [6, 6.07) is 12.3. The van der Waals surface area contributed by atoms with E-state index in [0.717, 1.165) is 5.56 Å². The van der Waals surface area contributed by atoms with Gasteiger partial charge in [0.15, 0.2) is 0 Å². The normalized spacial score (nSPS) is 16.5. The molecule has 1 heterocycles. The molecule has 1 fully saturated rings. The lowest BCUT2D eigenvalue weighted by molar-refractivity contribution is -0.116. The Morgan fingerprint density at radius 3 is 2.39 bits per heavy atom. The number of amides is 1. The first-order chi connectivity index (χ1) is 14.9. The Labute approximate surface area is 182 Å². The van der Waals surface area contributed by atoms with E-state index in [4.69, 9.17) is 14.2 Å². The Balaban J connectivity index is 1.70. The van der Waals surface area contributed by atoms with Crippen LogP contribution in [0.15, 0.2) is 42.5 Å². The molecule has 9 nitrogen and oxygen atoms in total. The van der Waals surface area contributed by atoms with Crippen LogP contribution in [0, 0.1) is 0 Å². The Hall–Kier alpha value is -2.82. The number of methoxy groups -OCH3 is 3. The number of nitrogens with one attached hydrogen (secondary N) is 1. The van der Waals surface area contributed by atoms with Crippen molar-refractivity contribution in [3.8, 4) is 17.2 Å². The van der Waals surface area contributed by atoms with E-state index >= 15 is 0 Å². The number of carbonyl (C=O) groups is 1. The molecule has 1 amide bonds.